The number of aryl methyl sites for hydroxylation is 2. The zero-order valence-corrected chi connectivity index (χ0v) is 10.9. The van der Waals surface area contributed by atoms with Crippen LogP contribution in [0.5, 0.6) is 0 Å². The van der Waals surface area contributed by atoms with Crippen molar-refractivity contribution >= 4 is 17.1 Å². The summed E-state index contributed by atoms with van der Waals surface area (Å²) in [7, 11) is 1.89. The molecule has 0 spiro atoms. The zero-order chi connectivity index (χ0) is 13.3. The van der Waals surface area contributed by atoms with E-state index in [1.54, 1.807) is 6.07 Å². The highest BCUT2D eigenvalue weighted by atomic mass is 19.1. The van der Waals surface area contributed by atoms with Crippen molar-refractivity contribution in [2.45, 2.75) is 13.8 Å². The second kappa shape index (κ2) is 4.69. The molecule has 0 unspecified atom stereocenters. The predicted molar refractivity (Wildman–Crippen MR) is 74.8 cm³/mol. The van der Waals surface area contributed by atoms with Gasteiger partial charge in [-0.05, 0) is 37.6 Å². The van der Waals surface area contributed by atoms with E-state index in [-0.39, 0.29) is 11.5 Å². The molecule has 0 fully saturated rings. The van der Waals surface area contributed by atoms with Gasteiger partial charge in [-0.1, -0.05) is 23.8 Å². The second-order valence-electron chi connectivity index (χ2n) is 4.52. The normalized spacial score (nSPS) is 10.4. The fourth-order valence-corrected chi connectivity index (χ4v) is 2.13. The number of hydrogen-bond acceptors (Lipinski definition) is 2. The van der Waals surface area contributed by atoms with Gasteiger partial charge in [0.15, 0.2) is 0 Å². The SMILES string of the molecule is Cc1ccc(N(C)c2cccc(F)c2N)c(C)c1. The highest BCUT2D eigenvalue weighted by Crippen LogP contribution is 2.32. The molecule has 0 atom stereocenters. The maximum Gasteiger partial charge on any atom is 0.148 e. The minimum Gasteiger partial charge on any atom is -0.395 e. The minimum absolute atomic E-state index is 0.181. The Labute approximate surface area is 107 Å². The van der Waals surface area contributed by atoms with Gasteiger partial charge in [-0.25, -0.2) is 4.39 Å². The largest absolute Gasteiger partial charge is 0.395 e. The van der Waals surface area contributed by atoms with Crippen molar-refractivity contribution in [1.82, 2.24) is 0 Å². The fourth-order valence-electron chi connectivity index (χ4n) is 2.13. The molecule has 0 saturated carbocycles. The molecule has 0 aliphatic rings. The summed E-state index contributed by atoms with van der Waals surface area (Å²) in [5, 5.41) is 0. The van der Waals surface area contributed by atoms with Crippen LogP contribution in [-0.4, -0.2) is 7.05 Å². The lowest BCUT2D eigenvalue weighted by molar-refractivity contribution is 0.632. The van der Waals surface area contributed by atoms with E-state index in [1.165, 1.54) is 11.6 Å². The van der Waals surface area contributed by atoms with Crippen LogP contribution in [0, 0.1) is 19.7 Å². The Morgan fingerprint density at radius 3 is 2.44 bits per heavy atom. The molecule has 94 valence electrons. The lowest BCUT2D eigenvalue weighted by Gasteiger charge is -2.23. The Morgan fingerprint density at radius 2 is 1.78 bits per heavy atom. The van der Waals surface area contributed by atoms with E-state index >= 15 is 0 Å². The van der Waals surface area contributed by atoms with Crippen LogP contribution in [0.3, 0.4) is 0 Å². The van der Waals surface area contributed by atoms with E-state index in [0.717, 1.165) is 11.3 Å². The molecule has 2 aromatic carbocycles. The molecule has 0 aromatic heterocycles. The molecule has 2 N–H and O–H groups in total. The number of nitrogens with two attached hydrogens (primary N) is 1. The van der Waals surface area contributed by atoms with Crippen molar-refractivity contribution < 1.29 is 4.39 Å². The summed E-state index contributed by atoms with van der Waals surface area (Å²) >= 11 is 0. The number of rotatable bonds is 2. The summed E-state index contributed by atoms with van der Waals surface area (Å²) in [6.45, 7) is 4.08. The first-order chi connectivity index (χ1) is 8.50. The van der Waals surface area contributed by atoms with Crippen LogP contribution in [0.2, 0.25) is 0 Å². The number of halogens is 1. The third-order valence-corrected chi connectivity index (χ3v) is 3.10. The molecule has 0 bridgehead atoms. The van der Waals surface area contributed by atoms with E-state index in [9.17, 15) is 4.39 Å². The summed E-state index contributed by atoms with van der Waals surface area (Å²) < 4.78 is 13.5. The Hall–Kier alpha value is -2.03. The Bertz CT molecular complexity index is 579. The van der Waals surface area contributed by atoms with Gasteiger partial charge in [-0.2, -0.15) is 0 Å². The van der Waals surface area contributed by atoms with Gasteiger partial charge in [0.05, 0.1) is 11.4 Å². The number of para-hydroxylation sites is 1. The standard InChI is InChI=1S/C15H17FN2/c1-10-7-8-13(11(2)9-10)18(3)14-6-4-5-12(16)15(14)17/h4-9H,17H2,1-3H3. The van der Waals surface area contributed by atoms with Crippen LogP contribution in [-0.2, 0) is 0 Å². The monoisotopic (exact) mass is 244 g/mol. The highest BCUT2D eigenvalue weighted by Gasteiger charge is 2.12. The summed E-state index contributed by atoms with van der Waals surface area (Å²) in [6.07, 6.45) is 0. The Morgan fingerprint density at radius 1 is 1.06 bits per heavy atom. The van der Waals surface area contributed by atoms with Crippen molar-refractivity contribution in [3.63, 3.8) is 0 Å². The molecule has 2 aromatic rings. The molecule has 18 heavy (non-hydrogen) atoms. The second-order valence-corrected chi connectivity index (χ2v) is 4.52. The van der Waals surface area contributed by atoms with Crippen molar-refractivity contribution in [2.24, 2.45) is 0 Å². The van der Waals surface area contributed by atoms with Crippen LogP contribution >= 0.6 is 0 Å². The summed E-state index contributed by atoms with van der Waals surface area (Å²) in [5.41, 5.74) is 10.0. The average molecular weight is 244 g/mol. The number of hydrogen-bond donors (Lipinski definition) is 1. The maximum atomic E-state index is 13.5. The van der Waals surface area contributed by atoms with Crippen LogP contribution in [0.4, 0.5) is 21.5 Å². The molecule has 0 amide bonds. The zero-order valence-electron chi connectivity index (χ0n) is 10.9. The maximum absolute atomic E-state index is 13.5. The van der Waals surface area contributed by atoms with Gasteiger partial charge in [0.2, 0.25) is 0 Å². The summed E-state index contributed by atoms with van der Waals surface area (Å²) in [6, 6.07) is 11.0. The first-order valence-electron chi connectivity index (χ1n) is 5.85. The Balaban J connectivity index is 2.48. The van der Waals surface area contributed by atoms with Crippen molar-refractivity contribution in [2.75, 3.05) is 17.7 Å². The third kappa shape index (κ3) is 2.16. The number of nitrogens with zero attached hydrogens (tertiary/aromatic N) is 1. The lowest BCUT2D eigenvalue weighted by Crippen LogP contribution is -2.13. The quantitative estimate of drug-likeness (QED) is 0.814. The first-order valence-corrected chi connectivity index (χ1v) is 5.85. The molecule has 3 heteroatoms. The molecule has 2 nitrogen and oxygen atoms in total. The highest BCUT2D eigenvalue weighted by molar-refractivity contribution is 5.76. The van der Waals surface area contributed by atoms with Gasteiger partial charge in [0.25, 0.3) is 0 Å². The molecule has 0 aliphatic carbocycles. The van der Waals surface area contributed by atoms with E-state index in [0.29, 0.717) is 5.69 Å². The lowest BCUT2D eigenvalue weighted by atomic mass is 10.1. The van der Waals surface area contributed by atoms with Gasteiger partial charge in [0.1, 0.15) is 5.82 Å². The van der Waals surface area contributed by atoms with Crippen LogP contribution < -0.4 is 10.6 Å². The van der Waals surface area contributed by atoms with E-state index in [4.69, 9.17) is 5.73 Å². The van der Waals surface area contributed by atoms with Crippen molar-refractivity contribution in [3.8, 4) is 0 Å². The van der Waals surface area contributed by atoms with E-state index in [1.807, 2.05) is 44.0 Å². The number of anilines is 3. The van der Waals surface area contributed by atoms with Crippen LogP contribution in [0.1, 0.15) is 11.1 Å². The summed E-state index contributed by atoms with van der Waals surface area (Å²) in [5.74, 6) is -0.385. The molecule has 0 saturated heterocycles. The van der Waals surface area contributed by atoms with Gasteiger partial charge in [-0.3, -0.25) is 0 Å². The van der Waals surface area contributed by atoms with Gasteiger partial charge in [0, 0.05) is 12.7 Å². The fraction of sp³-hybridized carbons (Fsp3) is 0.200. The van der Waals surface area contributed by atoms with Crippen LogP contribution in [0.25, 0.3) is 0 Å². The van der Waals surface area contributed by atoms with Gasteiger partial charge in [-0.15, -0.1) is 0 Å². The van der Waals surface area contributed by atoms with E-state index in [2.05, 4.69) is 6.07 Å². The Kier molecular flexibility index (Phi) is 3.24. The first kappa shape index (κ1) is 12.4. The molecule has 0 heterocycles. The predicted octanol–water partition coefficient (Wildman–Crippen LogP) is 3.79. The minimum atomic E-state index is -0.385. The topological polar surface area (TPSA) is 29.3 Å². The molecular weight excluding hydrogens is 227 g/mol. The summed E-state index contributed by atoms with van der Waals surface area (Å²) in [4.78, 5) is 1.91. The molecule has 0 radical (unpaired) electrons. The molecular formula is C15H17FN2. The third-order valence-electron chi connectivity index (χ3n) is 3.10. The number of benzene rings is 2. The molecule has 0 aliphatic heterocycles. The number of nitrogen functional groups attached to an aromatic ring is 1. The van der Waals surface area contributed by atoms with Gasteiger partial charge >= 0.3 is 0 Å². The van der Waals surface area contributed by atoms with Crippen LogP contribution in [0.15, 0.2) is 36.4 Å². The smallest absolute Gasteiger partial charge is 0.148 e. The van der Waals surface area contributed by atoms with Gasteiger partial charge < -0.3 is 10.6 Å². The van der Waals surface area contributed by atoms with Crippen molar-refractivity contribution in [1.29, 1.82) is 0 Å². The molecule has 2 rings (SSSR count). The average Bonchev–Trinajstić information content (AvgIpc) is 2.32. The van der Waals surface area contributed by atoms with E-state index < -0.39 is 0 Å². The van der Waals surface area contributed by atoms with Crippen molar-refractivity contribution in [3.05, 3.63) is 53.3 Å².